The zero-order valence-electron chi connectivity index (χ0n) is 19.4. The Morgan fingerprint density at radius 3 is 2.22 bits per heavy atom. The van der Waals surface area contributed by atoms with E-state index in [1.54, 1.807) is 18.3 Å². The summed E-state index contributed by atoms with van der Waals surface area (Å²) in [7, 11) is 0. The summed E-state index contributed by atoms with van der Waals surface area (Å²) in [6.07, 6.45) is -1.90. The van der Waals surface area contributed by atoms with E-state index in [1.807, 2.05) is 26.8 Å². The van der Waals surface area contributed by atoms with Gasteiger partial charge in [-0.25, -0.2) is 0 Å². The van der Waals surface area contributed by atoms with E-state index in [-0.39, 0.29) is 5.56 Å². The number of rotatable bonds is 9. The molecule has 2 aromatic rings. The van der Waals surface area contributed by atoms with Crippen molar-refractivity contribution in [1.82, 2.24) is 5.32 Å². The van der Waals surface area contributed by atoms with Crippen LogP contribution in [0.25, 0.3) is 5.57 Å². The summed E-state index contributed by atoms with van der Waals surface area (Å²) in [4.78, 5) is 0. The third kappa shape index (κ3) is 7.30. The maximum atomic E-state index is 12.9. The van der Waals surface area contributed by atoms with Crippen LogP contribution >= 0.6 is 0 Å². The normalized spacial score (nSPS) is 13.2. The highest BCUT2D eigenvalue weighted by Gasteiger charge is 2.27. The second-order valence-corrected chi connectivity index (χ2v) is 8.21. The number of alkyl halides is 3. The summed E-state index contributed by atoms with van der Waals surface area (Å²) in [6.45, 7) is 15.9. The molecule has 0 unspecified atom stereocenters. The van der Waals surface area contributed by atoms with Crippen molar-refractivity contribution in [2.24, 2.45) is 0 Å². The molecule has 0 heterocycles. The molecule has 1 N–H and O–H groups in total. The number of halogens is 3. The van der Waals surface area contributed by atoms with E-state index >= 15 is 0 Å². The first-order valence-electron chi connectivity index (χ1n) is 10.7. The minimum absolute atomic E-state index is 0.254. The Morgan fingerprint density at radius 2 is 1.66 bits per heavy atom. The van der Waals surface area contributed by atoms with Gasteiger partial charge in [0.2, 0.25) is 0 Å². The molecular formula is C28H32F3N. The van der Waals surface area contributed by atoms with E-state index in [1.165, 1.54) is 17.2 Å². The summed E-state index contributed by atoms with van der Waals surface area (Å²) in [5.74, 6) is 0. The van der Waals surface area contributed by atoms with Crippen LogP contribution in [0.4, 0.5) is 13.2 Å². The van der Waals surface area contributed by atoms with E-state index in [0.717, 1.165) is 46.4 Å². The van der Waals surface area contributed by atoms with Gasteiger partial charge in [0.25, 0.3) is 0 Å². The van der Waals surface area contributed by atoms with Crippen molar-refractivity contribution >= 4 is 5.57 Å². The molecule has 2 rings (SSSR count). The molecule has 0 aliphatic carbocycles. The molecular weight excluding hydrogens is 407 g/mol. The van der Waals surface area contributed by atoms with Crippen LogP contribution < -0.4 is 5.32 Å². The van der Waals surface area contributed by atoms with Crippen LogP contribution in [0.15, 0.2) is 90.3 Å². The molecule has 0 radical (unpaired) electrons. The fraction of sp³-hybridized carbons (Fsp3) is 0.286. The van der Waals surface area contributed by atoms with Crippen molar-refractivity contribution in [2.75, 3.05) is 0 Å². The minimum Gasteiger partial charge on any atom is -0.362 e. The van der Waals surface area contributed by atoms with Gasteiger partial charge >= 0.3 is 6.18 Å². The molecule has 0 saturated carbocycles. The quantitative estimate of drug-likeness (QED) is 0.389. The smallest absolute Gasteiger partial charge is 0.362 e. The molecule has 0 aromatic heterocycles. The van der Waals surface area contributed by atoms with E-state index in [0.29, 0.717) is 0 Å². The molecule has 0 aliphatic heterocycles. The molecule has 0 aliphatic rings. The molecule has 4 heteroatoms. The van der Waals surface area contributed by atoms with Crippen molar-refractivity contribution in [3.63, 3.8) is 0 Å². The molecule has 2 aromatic carbocycles. The average Bonchev–Trinajstić information content (AvgIpc) is 2.72. The minimum atomic E-state index is -4.23. The highest BCUT2D eigenvalue weighted by molar-refractivity contribution is 5.71. The second-order valence-electron chi connectivity index (χ2n) is 8.21. The van der Waals surface area contributed by atoms with Crippen molar-refractivity contribution in [3.8, 4) is 0 Å². The summed E-state index contributed by atoms with van der Waals surface area (Å²) >= 11 is 0. The van der Waals surface area contributed by atoms with Crippen LogP contribution in [0.2, 0.25) is 0 Å². The van der Waals surface area contributed by atoms with Crippen molar-refractivity contribution in [3.05, 3.63) is 113 Å². The topological polar surface area (TPSA) is 12.0 Å². The van der Waals surface area contributed by atoms with Crippen LogP contribution in [-0.4, -0.2) is 6.18 Å². The third-order valence-electron chi connectivity index (χ3n) is 5.55. The fourth-order valence-electron chi connectivity index (χ4n) is 3.65. The van der Waals surface area contributed by atoms with Crippen molar-refractivity contribution in [1.29, 1.82) is 0 Å². The number of benzene rings is 2. The molecule has 32 heavy (non-hydrogen) atoms. The van der Waals surface area contributed by atoms with Gasteiger partial charge in [0.05, 0.1) is 6.42 Å². The van der Waals surface area contributed by atoms with Crippen LogP contribution in [0, 0.1) is 6.92 Å². The molecule has 0 atom stereocenters. The maximum Gasteiger partial charge on any atom is 0.393 e. The first-order chi connectivity index (χ1) is 15.0. The van der Waals surface area contributed by atoms with Crippen LogP contribution in [0.3, 0.4) is 0 Å². The van der Waals surface area contributed by atoms with Gasteiger partial charge in [-0.1, -0.05) is 72.8 Å². The summed E-state index contributed by atoms with van der Waals surface area (Å²) < 4.78 is 38.6. The lowest BCUT2D eigenvalue weighted by Crippen LogP contribution is -2.13. The lowest BCUT2D eigenvalue weighted by atomic mass is 9.91. The zero-order valence-corrected chi connectivity index (χ0v) is 19.4. The Balaban J connectivity index is 2.45. The Labute approximate surface area is 190 Å². The van der Waals surface area contributed by atoms with E-state index < -0.39 is 12.6 Å². The lowest BCUT2D eigenvalue weighted by molar-refractivity contribution is -0.127. The van der Waals surface area contributed by atoms with Gasteiger partial charge in [-0.05, 0) is 80.1 Å². The largest absolute Gasteiger partial charge is 0.393 e. The molecule has 0 saturated heterocycles. The summed E-state index contributed by atoms with van der Waals surface area (Å²) in [5.41, 5.74) is 8.28. The van der Waals surface area contributed by atoms with E-state index in [2.05, 4.69) is 49.7 Å². The first-order valence-corrected chi connectivity index (χ1v) is 10.7. The zero-order chi connectivity index (χ0) is 23.9. The molecule has 0 bridgehead atoms. The second kappa shape index (κ2) is 11.0. The van der Waals surface area contributed by atoms with Crippen molar-refractivity contribution in [2.45, 2.75) is 53.1 Å². The van der Waals surface area contributed by atoms with Crippen molar-refractivity contribution < 1.29 is 13.2 Å². The van der Waals surface area contributed by atoms with Gasteiger partial charge in [0, 0.05) is 5.70 Å². The van der Waals surface area contributed by atoms with Crippen LogP contribution in [0.5, 0.6) is 0 Å². The number of allylic oxidation sites excluding steroid dienone is 4. The number of nitrogens with one attached hydrogen (secondary N) is 1. The standard InChI is InChI=1S/C28H32F3N/c1-7-32-27(26(19(2)3)16-15-23-13-11-20(4)12-14-23)22(6)21(5)25-10-8-9-24(17-25)18-28(29,30)31/h7-14,17,32H,1-2,15-16,18H2,3-6H3/b22-21+,27-26-. The SMILES string of the molecule is C=CNC(=C(/CCc1ccc(C)cc1)C(=C)C)/C(C)=C(\C)c1cccc(CC(F)(F)F)c1. The number of hydrogen-bond acceptors (Lipinski definition) is 1. The van der Waals surface area contributed by atoms with Gasteiger partial charge < -0.3 is 5.32 Å². The van der Waals surface area contributed by atoms with Crippen LogP contribution in [-0.2, 0) is 12.8 Å². The fourth-order valence-corrected chi connectivity index (χ4v) is 3.65. The van der Waals surface area contributed by atoms with Crippen LogP contribution in [0.1, 0.15) is 49.4 Å². The predicted octanol–water partition coefficient (Wildman–Crippen LogP) is 8.09. The summed E-state index contributed by atoms with van der Waals surface area (Å²) in [5, 5.41) is 3.26. The van der Waals surface area contributed by atoms with Gasteiger partial charge in [0.15, 0.2) is 0 Å². The predicted molar refractivity (Wildman–Crippen MR) is 129 cm³/mol. The molecule has 0 amide bonds. The summed E-state index contributed by atoms with van der Waals surface area (Å²) in [6, 6.07) is 15.1. The highest BCUT2D eigenvalue weighted by atomic mass is 19.4. The van der Waals surface area contributed by atoms with Gasteiger partial charge in [-0.3, -0.25) is 0 Å². The number of aryl methyl sites for hydroxylation is 2. The van der Waals surface area contributed by atoms with Gasteiger partial charge in [-0.2, -0.15) is 13.2 Å². The Hall–Kier alpha value is -3.01. The Morgan fingerprint density at radius 1 is 1.00 bits per heavy atom. The Kier molecular flexibility index (Phi) is 8.71. The Bertz CT molecular complexity index is 1020. The van der Waals surface area contributed by atoms with E-state index in [9.17, 15) is 13.2 Å². The lowest BCUT2D eigenvalue weighted by Gasteiger charge is -2.19. The highest BCUT2D eigenvalue weighted by Crippen LogP contribution is 2.30. The molecule has 170 valence electrons. The maximum absolute atomic E-state index is 12.9. The monoisotopic (exact) mass is 439 g/mol. The van der Waals surface area contributed by atoms with Gasteiger partial charge in [0.1, 0.15) is 0 Å². The average molecular weight is 440 g/mol. The van der Waals surface area contributed by atoms with E-state index in [4.69, 9.17) is 0 Å². The third-order valence-corrected chi connectivity index (χ3v) is 5.55. The first kappa shape index (κ1) is 25.3. The molecule has 0 spiro atoms. The molecule has 1 nitrogen and oxygen atoms in total. The number of hydrogen-bond donors (Lipinski definition) is 1. The van der Waals surface area contributed by atoms with Gasteiger partial charge in [-0.15, -0.1) is 0 Å². The molecule has 0 fully saturated rings.